The third kappa shape index (κ3) is 10.9. The lowest BCUT2D eigenvalue weighted by Crippen LogP contribution is -2.30. The molecule has 0 atom stereocenters. The quantitative estimate of drug-likeness (QED) is 0.222. The highest BCUT2D eigenvalue weighted by atomic mass is 79.9. The van der Waals surface area contributed by atoms with E-state index in [0.29, 0.717) is 13.1 Å². The standard InChI is InChI=1S/C28H38Br2N2O4/c1-19-13-23(29)14-20(2)27(19)35-17-25(33)31-11-9-7-5-6-8-10-12-32-26(34)18-36-28-21(3)15-24(30)16-22(28)4/h13-16H,5-12,17-18H2,1-4H3,(H,31,33)(H,32,34). The summed E-state index contributed by atoms with van der Waals surface area (Å²) >= 11 is 6.93. The van der Waals surface area contributed by atoms with Gasteiger partial charge in [-0.3, -0.25) is 9.59 Å². The molecule has 36 heavy (non-hydrogen) atoms. The Morgan fingerprint density at radius 1 is 0.611 bits per heavy atom. The van der Waals surface area contributed by atoms with Gasteiger partial charge in [0.1, 0.15) is 11.5 Å². The average Bonchev–Trinajstić information content (AvgIpc) is 2.78. The summed E-state index contributed by atoms with van der Waals surface area (Å²) in [6, 6.07) is 7.93. The van der Waals surface area contributed by atoms with Gasteiger partial charge >= 0.3 is 0 Å². The van der Waals surface area contributed by atoms with Gasteiger partial charge in [0.25, 0.3) is 11.8 Å². The Hall–Kier alpha value is -2.06. The van der Waals surface area contributed by atoms with E-state index in [1.807, 2.05) is 52.0 Å². The number of rotatable bonds is 15. The van der Waals surface area contributed by atoms with E-state index >= 15 is 0 Å². The highest BCUT2D eigenvalue weighted by Gasteiger charge is 2.10. The lowest BCUT2D eigenvalue weighted by molar-refractivity contribution is -0.123. The Morgan fingerprint density at radius 3 is 1.25 bits per heavy atom. The van der Waals surface area contributed by atoms with Crippen LogP contribution in [0.1, 0.15) is 60.8 Å². The molecule has 2 aromatic rings. The Kier molecular flexibility index (Phi) is 13.3. The SMILES string of the molecule is Cc1cc(Br)cc(C)c1OCC(=O)NCCCCCCCCNC(=O)COc1c(C)cc(Br)cc1C. The number of halogens is 2. The Balaban J connectivity index is 1.45. The molecule has 2 amide bonds. The third-order valence-electron chi connectivity index (χ3n) is 5.79. The summed E-state index contributed by atoms with van der Waals surface area (Å²) in [5.41, 5.74) is 4.03. The van der Waals surface area contributed by atoms with Gasteiger partial charge in [-0.25, -0.2) is 0 Å². The van der Waals surface area contributed by atoms with Crippen molar-refractivity contribution in [3.8, 4) is 11.5 Å². The predicted octanol–water partition coefficient (Wildman–Crippen LogP) is 6.48. The number of aryl methyl sites for hydroxylation is 4. The van der Waals surface area contributed by atoms with Gasteiger partial charge in [-0.2, -0.15) is 0 Å². The average molecular weight is 626 g/mol. The second-order valence-corrected chi connectivity index (χ2v) is 11.0. The highest BCUT2D eigenvalue weighted by molar-refractivity contribution is 9.10. The van der Waals surface area contributed by atoms with Gasteiger partial charge in [-0.15, -0.1) is 0 Å². The van der Waals surface area contributed by atoms with Crippen molar-refractivity contribution in [1.82, 2.24) is 10.6 Å². The molecule has 0 spiro atoms. The zero-order valence-corrected chi connectivity index (χ0v) is 24.9. The largest absolute Gasteiger partial charge is 0.483 e. The fraction of sp³-hybridized carbons (Fsp3) is 0.500. The number of hydrogen-bond acceptors (Lipinski definition) is 4. The molecular formula is C28H38Br2N2O4. The predicted molar refractivity (Wildman–Crippen MR) is 152 cm³/mol. The first-order chi connectivity index (χ1) is 17.2. The minimum atomic E-state index is -0.0955. The van der Waals surface area contributed by atoms with Crippen molar-refractivity contribution in [2.75, 3.05) is 26.3 Å². The Morgan fingerprint density at radius 2 is 0.917 bits per heavy atom. The number of ether oxygens (including phenoxy) is 2. The molecular weight excluding hydrogens is 588 g/mol. The molecule has 0 radical (unpaired) electrons. The molecule has 6 nitrogen and oxygen atoms in total. The number of carbonyl (C=O) groups is 2. The van der Waals surface area contributed by atoms with Crippen LogP contribution < -0.4 is 20.1 Å². The maximum atomic E-state index is 12.1. The molecule has 2 rings (SSSR count). The summed E-state index contributed by atoms with van der Waals surface area (Å²) < 4.78 is 13.4. The third-order valence-corrected chi connectivity index (χ3v) is 6.71. The zero-order chi connectivity index (χ0) is 26.5. The van der Waals surface area contributed by atoms with Crippen molar-refractivity contribution < 1.29 is 19.1 Å². The number of hydrogen-bond donors (Lipinski definition) is 2. The van der Waals surface area contributed by atoms with Crippen molar-refractivity contribution in [3.63, 3.8) is 0 Å². The molecule has 0 saturated heterocycles. The molecule has 0 aromatic heterocycles. The summed E-state index contributed by atoms with van der Waals surface area (Å²) in [4.78, 5) is 24.1. The van der Waals surface area contributed by atoms with Crippen LogP contribution in [0.4, 0.5) is 0 Å². The maximum Gasteiger partial charge on any atom is 0.257 e. The summed E-state index contributed by atoms with van der Waals surface area (Å²) in [5, 5.41) is 5.85. The molecule has 0 saturated carbocycles. The van der Waals surface area contributed by atoms with Gasteiger partial charge in [-0.05, 0) is 87.1 Å². The topological polar surface area (TPSA) is 76.7 Å². The van der Waals surface area contributed by atoms with Gasteiger partial charge in [0.05, 0.1) is 0 Å². The van der Waals surface area contributed by atoms with E-state index in [1.165, 1.54) is 0 Å². The molecule has 0 unspecified atom stereocenters. The molecule has 2 N–H and O–H groups in total. The lowest BCUT2D eigenvalue weighted by Gasteiger charge is -2.13. The highest BCUT2D eigenvalue weighted by Crippen LogP contribution is 2.28. The first-order valence-electron chi connectivity index (χ1n) is 12.5. The van der Waals surface area contributed by atoms with Crippen LogP contribution in [-0.4, -0.2) is 38.1 Å². The second kappa shape index (κ2) is 15.9. The van der Waals surface area contributed by atoms with Crippen molar-refractivity contribution in [2.45, 2.75) is 66.2 Å². The maximum absolute atomic E-state index is 12.1. The van der Waals surface area contributed by atoms with Crippen LogP contribution in [0.5, 0.6) is 11.5 Å². The zero-order valence-electron chi connectivity index (χ0n) is 21.8. The van der Waals surface area contributed by atoms with E-state index in [0.717, 1.165) is 81.2 Å². The van der Waals surface area contributed by atoms with Crippen LogP contribution in [0, 0.1) is 27.7 Å². The minimum absolute atomic E-state index is 0.0302. The molecule has 0 aliphatic rings. The summed E-state index contributed by atoms with van der Waals surface area (Å²) in [6.45, 7) is 9.27. The minimum Gasteiger partial charge on any atom is -0.483 e. The fourth-order valence-corrected chi connectivity index (χ4v) is 5.41. The van der Waals surface area contributed by atoms with E-state index < -0.39 is 0 Å². The number of unbranched alkanes of at least 4 members (excludes halogenated alkanes) is 5. The van der Waals surface area contributed by atoms with Crippen molar-refractivity contribution in [3.05, 3.63) is 55.5 Å². The number of amides is 2. The molecule has 0 aliphatic carbocycles. The van der Waals surface area contributed by atoms with E-state index in [4.69, 9.17) is 9.47 Å². The summed E-state index contributed by atoms with van der Waals surface area (Å²) in [6.07, 6.45) is 6.26. The van der Waals surface area contributed by atoms with Crippen molar-refractivity contribution in [2.24, 2.45) is 0 Å². The molecule has 0 aliphatic heterocycles. The van der Waals surface area contributed by atoms with Crippen LogP contribution >= 0.6 is 31.9 Å². The van der Waals surface area contributed by atoms with Crippen molar-refractivity contribution in [1.29, 1.82) is 0 Å². The van der Waals surface area contributed by atoms with Crippen LogP contribution in [0.2, 0.25) is 0 Å². The van der Waals surface area contributed by atoms with Crippen LogP contribution in [0.25, 0.3) is 0 Å². The van der Waals surface area contributed by atoms with E-state index in [-0.39, 0.29) is 25.0 Å². The molecule has 0 heterocycles. The van der Waals surface area contributed by atoms with Crippen LogP contribution in [-0.2, 0) is 9.59 Å². The molecule has 0 bridgehead atoms. The lowest BCUT2D eigenvalue weighted by atomic mass is 10.1. The number of carbonyl (C=O) groups excluding carboxylic acids is 2. The summed E-state index contributed by atoms with van der Waals surface area (Å²) in [7, 11) is 0. The fourth-order valence-electron chi connectivity index (χ4n) is 4.04. The molecule has 2 aromatic carbocycles. The van der Waals surface area contributed by atoms with Gasteiger partial charge in [0, 0.05) is 22.0 Å². The Bertz CT molecular complexity index is 899. The first-order valence-corrected chi connectivity index (χ1v) is 14.1. The second-order valence-electron chi connectivity index (χ2n) is 9.14. The van der Waals surface area contributed by atoms with E-state index in [9.17, 15) is 9.59 Å². The molecule has 8 heteroatoms. The van der Waals surface area contributed by atoms with Gasteiger partial charge in [0.15, 0.2) is 13.2 Å². The van der Waals surface area contributed by atoms with Crippen LogP contribution in [0.3, 0.4) is 0 Å². The van der Waals surface area contributed by atoms with Gasteiger partial charge < -0.3 is 20.1 Å². The summed E-state index contributed by atoms with van der Waals surface area (Å²) in [5.74, 6) is 1.35. The van der Waals surface area contributed by atoms with Gasteiger partial charge in [-0.1, -0.05) is 57.5 Å². The molecule has 198 valence electrons. The van der Waals surface area contributed by atoms with Gasteiger partial charge in [0.2, 0.25) is 0 Å². The Labute approximate surface area is 232 Å². The van der Waals surface area contributed by atoms with Crippen LogP contribution in [0.15, 0.2) is 33.2 Å². The normalized spacial score (nSPS) is 10.7. The monoisotopic (exact) mass is 624 g/mol. The first kappa shape index (κ1) is 30.2. The smallest absolute Gasteiger partial charge is 0.257 e. The van der Waals surface area contributed by atoms with Crippen molar-refractivity contribution >= 4 is 43.7 Å². The number of benzene rings is 2. The van der Waals surface area contributed by atoms with E-state index in [1.54, 1.807) is 0 Å². The van der Waals surface area contributed by atoms with E-state index in [2.05, 4.69) is 42.5 Å². The number of nitrogens with one attached hydrogen (secondary N) is 2. The molecule has 0 fully saturated rings.